The molecule has 1 saturated heterocycles. The van der Waals surface area contributed by atoms with Crippen molar-refractivity contribution in [1.29, 1.82) is 0 Å². The Morgan fingerprint density at radius 2 is 2.13 bits per heavy atom. The maximum Gasteiger partial charge on any atom is 0.326 e. The second-order valence-corrected chi connectivity index (χ2v) is 3.90. The average Bonchev–Trinajstić information content (AvgIpc) is 2.61. The molecule has 5 heteroatoms. The highest BCUT2D eigenvalue weighted by molar-refractivity contribution is 5.91. The number of carboxylic acid groups (broad SMARTS) is 1. The zero-order valence-electron chi connectivity index (χ0n) is 9.01. The number of amides is 1. The molecule has 1 fully saturated rings. The lowest BCUT2D eigenvalue weighted by Crippen LogP contribution is -2.40. The Hall–Kier alpha value is -1.36. The maximum atomic E-state index is 11.4. The zero-order valence-corrected chi connectivity index (χ0v) is 9.01. The molecule has 1 aliphatic heterocycles. The van der Waals surface area contributed by atoms with Crippen LogP contribution in [0.3, 0.4) is 0 Å². The molecule has 84 valence electrons. The Bertz CT molecular complexity index is 288. The van der Waals surface area contributed by atoms with Gasteiger partial charge in [-0.2, -0.15) is 0 Å². The van der Waals surface area contributed by atoms with Crippen molar-refractivity contribution in [2.45, 2.75) is 18.5 Å². The first kappa shape index (κ1) is 11.7. The van der Waals surface area contributed by atoms with E-state index in [1.54, 1.807) is 0 Å². The molecule has 1 amide bonds. The molecule has 0 aromatic rings. The number of likely N-dealkylation sites (tertiary alicyclic amines) is 1. The molecule has 0 saturated carbocycles. The molecule has 1 N–H and O–H groups in total. The van der Waals surface area contributed by atoms with Crippen molar-refractivity contribution < 1.29 is 14.7 Å². The highest BCUT2D eigenvalue weighted by Crippen LogP contribution is 2.21. The van der Waals surface area contributed by atoms with Crippen molar-refractivity contribution in [3.63, 3.8) is 0 Å². The van der Waals surface area contributed by atoms with E-state index in [9.17, 15) is 9.59 Å². The Morgan fingerprint density at radius 3 is 2.53 bits per heavy atom. The number of carbonyl (C=O) groups is 2. The van der Waals surface area contributed by atoms with Crippen molar-refractivity contribution in [3.8, 4) is 0 Å². The van der Waals surface area contributed by atoms with Gasteiger partial charge < -0.3 is 14.9 Å². The van der Waals surface area contributed by atoms with Crippen molar-refractivity contribution in [3.05, 3.63) is 12.7 Å². The van der Waals surface area contributed by atoms with Gasteiger partial charge in [-0.05, 0) is 26.6 Å². The maximum absolute atomic E-state index is 11.4. The number of rotatable bonds is 3. The minimum Gasteiger partial charge on any atom is -0.480 e. The van der Waals surface area contributed by atoms with Crippen LogP contribution < -0.4 is 0 Å². The molecule has 1 heterocycles. The molecule has 5 nitrogen and oxygen atoms in total. The van der Waals surface area contributed by atoms with Crippen LogP contribution >= 0.6 is 0 Å². The second-order valence-electron chi connectivity index (χ2n) is 3.90. The molecule has 2 atom stereocenters. The Balaban J connectivity index is 2.80. The standard InChI is InChI=1S/C10H16N2O3/c1-4-9(13)12-6-7(11(2)3)5-8(12)10(14)15/h4,7-8H,1,5-6H2,2-3H3,(H,14,15)/t7-,8+/m1/s1. The summed E-state index contributed by atoms with van der Waals surface area (Å²) in [6, 6.07) is -0.613. The first-order valence-corrected chi connectivity index (χ1v) is 4.79. The number of aliphatic carboxylic acids is 1. The summed E-state index contributed by atoms with van der Waals surface area (Å²) in [4.78, 5) is 25.7. The van der Waals surface area contributed by atoms with Gasteiger partial charge >= 0.3 is 5.97 Å². The fourth-order valence-corrected chi connectivity index (χ4v) is 1.78. The summed E-state index contributed by atoms with van der Waals surface area (Å²) in [6.07, 6.45) is 1.63. The van der Waals surface area contributed by atoms with Gasteiger partial charge in [0.1, 0.15) is 6.04 Å². The first-order valence-electron chi connectivity index (χ1n) is 4.79. The third kappa shape index (κ3) is 2.36. The fraction of sp³-hybridized carbons (Fsp3) is 0.600. The van der Waals surface area contributed by atoms with Crippen LogP contribution in [0.5, 0.6) is 0 Å². The van der Waals surface area contributed by atoms with E-state index in [2.05, 4.69) is 6.58 Å². The molecule has 0 spiro atoms. The molecular formula is C10H16N2O3. The van der Waals surface area contributed by atoms with Gasteiger partial charge in [-0.3, -0.25) is 4.79 Å². The number of hydrogen-bond donors (Lipinski definition) is 1. The molecule has 0 aromatic carbocycles. The highest BCUT2D eigenvalue weighted by Gasteiger charge is 2.39. The van der Waals surface area contributed by atoms with Crippen LogP contribution in [0.2, 0.25) is 0 Å². The summed E-state index contributed by atoms with van der Waals surface area (Å²) in [5.74, 6) is -1.26. The molecular weight excluding hydrogens is 196 g/mol. The van der Waals surface area contributed by atoms with Crippen molar-refractivity contribution in [1.82, 2.24) is 9.80 Å². The third-order valence-electron chi connectivity index (χ3n) is 2.75. The predicted octanol–water partition coefficient (Wildman–Crippen LogP) is -0.212. The lowest BCUT2D eigenvalue weighted by molar-refractivity contribution is -0.146. The van der Waals surface area contributed by atoms with E-state index in [1.165, 1.54) is 4.90 Å². The van der Waals surface area contributed by atoms with Crippen LogP contribution in [-0.2, 0) is 9.59 Å². The quantitative estimate of drug-likeness (QED) is 0.657. The topological polar surface area (TPSA) is 60.9 Å². The first-order chi connectivity index (χ1) is 6.97. The minimum atomic E-state index is -0.949. The molecule has 0 unspecified atom stereocenters. The molecule has 0 aliphatic carbocycles. The molecule has 15 heavy (non-hydrogen) atoms. The summed E-state index contributed by atoms with van der Waals surface area (Å²) in [6.45, 7) is 3.82. The summed E-state index contributed by atoms with van der Waals surface area (Å²) in [5.41, 5.74) is 0. The Morgan fingerprint density at radius 1 is 1.53 bits per heavy atom. The SMILES string of the molecule is C=CC(=O)N1C[C@H](N(C)C)C[C@H]1C(=O)O. The van der Waals surface area contributed by atoms with Crippen LogP contribution in [0, 0.1) is 0 Å². The summed E-state index contributed by atoms with van der Waals surface area (Å²) >= 11 is 0. The van der Waals surface area contributed by atoms with E-state index >= 15 is 0 Å². The largest absolute Gasteiger partial charge is 0.480 e. The third-order valence-corrected chi connectivity index (χ3v) is 2.75. The number of nitrogens with zero attached hydrogens (tertiary/aromatic N) is 2. The smallest absolute Gasteiger partial charge is 0.326 e. The number of likely N-dealkylation sites (N-methyl/N-ethyl adjacent to an activating group) is 1. The number of hydrogen-bond acceptors (Lipinski definition) is 3. The monoisotopic (exact) mass is 212 g/mol. The fourth-order valence-electron chi connectivity index (χ4n) is 1.78. The van der Waals surface area contributed by atoms with Gasteiger partial charge in [-0.15, -0.1) is 0 Å². The van der Waals surface area contributed by atoms with Gasteiger partial charge in [0.05, 0.1) is 0 Å². The van der Waals surface area contributed by atoms with Gasteiger partial charge in [0.2, 0.25) is 5.91 Å². The van der Waals surface area contributed by atoms with Crippen LogP contribution in [0.15, 0.2) is 12.7 Å². The van der Waals surface area contributed by atoms with Crippen LogP contribution in [-0.4, -0.2) is 59.5 Å². The summed E-state index contributed by atoms with van der Waals surface area (Å²) in [5, 5.41) is 8.98. The van der Waals surface area contributed by atoms with Gasteiger partial charge in [0.15, 0.2) is 0 Å². The molecule has 1 aliphatic rings. The second kappa shape index (κ2) is 4.44. The predicted molar refractivity (Wildman–Crippen MR) is 55.4 cm³/mol. The van der Waals surface area contributed by atoms with E-state index in [-0.39, 0.29) is 11.9 Å². The molecule has 1 rings (SSSR count). The Kier molecular flexibility index (Phi) is 3.47. The average molecular weight is 212 g/mol. The summed E-state index contributed by atoms with van der Waals surface area (Å²) < 4.78 is 0. The van der Waals surface area contributed by atoms with Crippen molar-refractivity contribution >= 4 is 11.9 Å². The van der Waals surface area contributed by atoms with E-state index in [4.69, 9.17) is 5.11 Å². The lowest BCUT2D eigenvalue weighted by Gasteiger charge is -2.20. The van der Waals surface area contributed by atoms with Crippen LogP contribution in [0.1, 0.15) is 6.42 Å². The van der Waals surface area contributed by atoms with Gasteiger partial charge in [-0.25, -0.2) is 4.79 Å². The van der Waals surface area contributed by atoms with Gasteiger partial charge in [0.25, 0.3) is 0 Å². The van der Waals surface area contributed by atoms with E-state index < -0.39 is 12.0 Å². The Labute approximate surface area is 89.0 Å². The van der Waals surface area contributed by atoms with E-state index in [0.717, 1.165) is 6.08 Å². The zero-order chi connectivity index (χ0) is 11.6. The highest BCUT2D eigenvalue weighted by atomic mass is 16.4. The van der Waals surface area contributed by atoms with E-state index in [0.29, 0.717) is 13.0 Å². The molecule has 0 aromatic heterocycles. The number of carboxylic acids is 1. The summed E-state index contributed by atoms with van der Waals surface area (Å²) in [7, 11) is 3.76. The molecule has 0 radical (unpaired) electrons. The van der Waals surface area contributed by atoms with Crippen LogP contribution in [0.4, 0.5) is 0 Å². The van der Waals surface area contributed by atoms with Crippen molar-refractivity contribution in [2.24, 2.45) is 0 Å². The lowest BCUT2D eigenvalue weighted by atomic mass is 10.1. The minimum absolute atomic E-state index is 0.106. The van der Waals surface area contributed by atoms with Crippen molar-refractivity contribution in [2.75, 3.05) is 20.6 Å². The normalized spacial score (nSPS) is 25.7. The van der Waals surface area contributed by atoms with Crippen LogP contribution in [0.25, 0.3) is 0 Å². The molecule has 0 bridgehead atoms. The van der Waals surface area contributed by atoms with Gasteiger partial charge in [0, 0.05) is 12.6 Å². The van der Waals surface area contributed by atoms with Gasteiger partial charge in [-0.1, -0.05) is 6.58 Å². The number of carbonyl (C=O) groups excluding carboxylic acids is 1. The van der Waals surface area contributed by atoms with E-state index in [1.807, 2.05) is 19.0 Å².